The van der Waals surface area contributed by atoms with E-state index in [0.29, 0.717) is 0 Å². The Morgan fingerprint density at radius 1 is 0.684 bits per heavy atom. The zero-order chi connectivity index (χ0) is 13.7. The molecule has 0 saturated heterocycles. The van der Waals surface area contributed by atoms with Crippen molar-refractivity contribution in [3.8, 4) is 11.1 Å². The Bertz CT molecular complexity index is 516. The second-order valence-electron chi connectivity index (χ2n) is 4.12. The summed E-state index contributed by atoms with van der Waals surface area (Å²) in [4.78, 5) is 0. The Labute approximate surface area is 115 Å². The van der Waals surface area contributed by atoms with Gasteiger partial charge in [-0.15, -0.1) is 0 Å². The van der Waals surface area contributed by atoms with Gasteiger partial charge in [0.25, 0.3) is 0 Å². The Balaban J connectivity index is 2.45. The molecule has 0 amide bonds. The number of hydrogen-bond acceptors (Lipinski definition) is 3. The molecule has 2 aromatic rings. The van der Waals surface area contributed by atoms with Crippen molar-refractivity contribution in [2.45, 2.75) is 0 Å². The average Bonchev–Trinajstić information content (AvgIpc) is 2.51. The molecular weight excluding hydrogens is 256 g/mol. The van der Waals surface area contributed by atoms with Gasteiger partial charge in [-0.2, -0.15) is 0 Å². The fraction of sp³-hybridized carbons (Fsp3) is 0.200. The second kappa shape index (κ2) is 6.12. The topological polar surface area (TPSA) is 27.7 Å². The molecule has 0 unspecified atom stereocenters. The molecule has 3 nitrogen and oxygen atoms in total. The lowest BCUT2D eigenvalue weighted by Gasteiger charge is -2.24. The first-order valence-corrected chi connectivity index (χ1v) is 7.79. The Kier molecular flexibility index (Phi) is 4.50. The summed E-state index contributed by atoms with van der Waals surface area (Å²) in [6.45, 7) is 0. The smallest absolute Gasteiger partial charge is 0.373 e. The van der Waals surface area contributed by atoms with Gasteiger partial charge < -0.3 is 13.3 Å². The van der Waals surface area contributed by atoms with E-state index in [9.17, 15) is 0 Å². The lowest BCUT2D eigenvalue weighted by Crippen LogP contribution is -2.54. The van der Waals surface area contributed by atoms with Gasteiger partial charge in [-0.05, 0) is 17.2 Å². The SMILES string of the molecule is CO[Si](OC)(OC)c1cccc(-c2ccccc2)c1. The van der Waals surface area contributed by atoms with Gasteiger partial charge in [-0.3, -0.25) is 0 Å². The highest BCUT2D eigenvalue weighted by molar-refractivity contribution is 6.75. The third-order valence-corrected chi connectivity index (χ3v) is 5.76. The highest BCUT2D eigenvalue weighted by Gasteiger charge is 2.40. The second-order valence-corrected chi connectivity index (χ2v) is 7.03. The summed E-state index contributed by atoms with van der Waals surface area (Å²) < 4.78 is 16.5. The molecule has 4 heteroatoms. The van der Waals surface area contributed by atoms with E-state index < -0.39 is 8.80 Å². The van der Waals surface area contributed by atoms with Crippen LogP contribution in [0.25, 0.3) is 11.1 Å². The maximum absolute atomic E-state index is 5.51. The van der Waals surface area contributed by atoms with Crippen LogP contribution in [0.5, 0.6) is 0 Å². The van der Waals surface area contributed by atoms with Crippen LogP contribution in [0.1, 0.15) is 0 Å². The Hall–Kier alpha value is -1.46. The summed E-state index contributed by atoms with van der Waals surface area (Å²) >= 11 is 0. The maximum atomic E-state index is 5.51. The van der Waals surface area contributed by atoms with E-state index in [0.717, 1.165) is 16.3 Å². The molecule has 0 radical (unpaired) electrons. The fourth-order valence-corrected chi connectivity index (χ4v) is 3.96. The minimum Gasteiger partial charge on any atom is -0.373 e. The van der Waals surface area contributed by atoms with E-state index >= 15 is 0 Å². The van der Waals surface area contributed by atoms with Gasteiger partial charge >= 0.3 is 8.80 Å². The van der Waals surface area contributed by atoms with Gasteiger partial charge in [-0.25, -0.2) is 0 Å². The van der Waals surface area contributed by atoms with Gasteiger partial charge in [0.05, 0.1) is 0 Å². The highest BCUT2D eigenvalue weighted by atomic mass is 28.4. The summed E-state index contributed by atoms with van der Waals surface area (Å²) in [5, 5.41) is 0.960. The van der Waals surface area contributed by atoms with Gasteiger partial charge in [0.2, 0.25) is 0 Å². The normalized spacial score (nSPS) is 11.5. The summed E-state index contributed by atoms with van der Waals surface area (Å²) in [7, 11) is 2.10. The zero-order valence-electron chi connectivity index (χ0n) is 11.4. The minimum atomic E-state index is -2.76. The third-order valence-electron chi connectivity index (χ3n) is 3.13. The molecule has 2 aromatic carbocycles. The number of hydrogen-bond donors (Lipinski definition) is 0. The van der Waals surface area contributed by atoms with Crippen molar-refractivity contribution in [2.75, 3.05) is 21.3 Å². The van der Waals surface area contributed by atoms with Crippen molar-refractivity contribution in [3.63, 3.8) is 0 Å². The van der Waals surface area contributed by atoms with E-state index in [1.807, 2.05) is 30.3 Å². The summed E-state index contributed by atoms with van der Waals surface area (Å²) in [5.41, 5.74) is 2.29. The van der Waals surface area contributed by atoms with E-state index in [1.165, 1.54) is 0 Å². The number of rotatable bonds is 5. The van der Waals surface area contributed by atoms with Crippen LogP contribution in [0.3, 0.4) is 0 Å². The first-order chi connectivity index (χ1) is 9.25. The molecule has 0 fully saturated rings. The third kappa shape index (κ3) is 2.77. The van der Waals surface area contributed by atoms with Crippen molar-refractivity contribution in [1.29, 1.82) is 0 Å². The average molecular weight is 274 g/mol. The summed E-state index contributed by atoms with van der Waals surface area (Å²) in [6, 6.07) is 18.3. The summed E-state index contributed by atoms with van der Waals surface area (Å²) in [6.07, 6.45) is 0. The van der Waals surface area contributed by atoms with Gasteiger partial charge in [0.1, 0.15) is 0 Å². The molecule has 19 heavy (non-hydrogen) atoms. The molecule has 0 aromatic heterocycles. The minimum absolute atomic E-state index is 0.960. The van der Waals surface area contributed by atoms with Crippen LogP contribution in [0.2, 0.25) is 0 Å². The van der Waals surface area contributed by atoms with Crippen molar-refractivity contribution >= 4 is 14.0 Å². The first kappa shape index (κ1) is 14.0. The largest absolute Gasteiger partial charge is 0.536 e. The molecule has 100 valence electrons. The van der Waals surface area contributed by atoms with E-state index in [1.54, 1.807) is 21.3 Å². The van der Waals surface area contributed by atoms with Crippen LogP contribution < -0.4 is 5.19 Å². The fourth-order valence-electron chi connectivity index (χ4n) is 2.12. The Morgan fingerprint density at radius 2 is 1.26 bits per heavy atom. The maximum Gasteiger partial charge on any atom is 0.536 e. The molecule has 0 aliphatic heterocycles. The van der Waals surface area contributed by atoms with Crippen molar-refractivity contribution in [3.05, 3.63) is 54.6 Å². The van der Waals surface area contributed by atoms with E-state index in [4.69, 9.17) is 13.3 Å². The monoisotopic (exact) mass is 274 g/mol. The molecule has 2 rings (SSSR count). The standard InChI is InChI=1S/C15H18O3Si/c1-16-19(17-2,18-3)15-11-7-10-14(12-15)13-8-5-4-6-9-13/h4-12H,1-3H3. The van der Waals surface area contributed by atoms with E-state index in [2.05, 4.69) is 24.3 Å². The van der Waals surface area contributed by atoms with Crippen molar-refractivity contribution in [2.24, 2.45) is 0 Å². The molecule has 0 N–H and O–H groups in total. The van der Waals surface area contributed by atoms with Crippen LogP contribution in [-0.4, -0.2) is 30.1 Å². The van der Waals surface area contributed by atoms with Crippen LogP contribution in [0, 0.1) is 0 Å². The molecule has 0 atom stereocenters. The molecule has 0 bridgehead atoms. The predicted molar refractivity (Wildman–Crippen MR) is 78.3 cm³/mol. The molecule has 0 aliphatic carbocycles. The predicted octanol–water partition coefficient (Wildman–Crippen LogP) is 2.44. The molecule has 0 aliphatic rings. The highest BCUT2D eigenvalue weighted by Crippen LogP contribution is 2.19. The molecule has 0 saturated carbocycles. The summed E-state index contributed by atoms with van der Waals surface area (Å²) in [5.74, 6) is 0. The lowest BCUT2D eigenvalue weighted by molar-refractivity contribution is 0.140. The van der Waals surface area contributed by atoms with Crippen molar-refractivity contribution < 1.29 is 13.3 Å². The van der Waals surface area contributed by atoms with Crippen LogP contribution in [-0.2, 0) is 13.3 Å². The van der Waals surface area contributed by atoms with Gasteiger partial charge in [0.15, 0.2) is 0 Å². The Morgan fingerprint density at radius 3 is 1.84 bits per heavy atom. The van der Waals surface area contributed by atoms with Gasteiger partial charge in [-0.1, -0.05) is 48.5 Å². The first-order valence-electron chi connectivity index (χ1n) is 6.07. The zero-order valence-corrected chi connectivity index (χ0v) is 12.4. The van der Waals surface area contributed by atoms with Gasteiger partial charge in [0, 0.05) is 26.5 Å². The van der Waals surface area contributed by atoms with E-state index in [-0.39, 0.29) is 0 Å². The molecular formula is C15H18O3Si. The number of benzene rings is 2. The lowest BCUT2D eigenvalue weighted by atomic mass is 10.1. The van der Waals surface area contributed by atoms with Crippen LogP contribution >= 0.6 is 0 Å². The molecule has 0 heterocycles. The quantitative estimate of drug-likeness (QED) is 0.784. The van der Waals surface area contributed by atoms with Crippen LogP contribution in [0.4, 0.5) is 0 Å². The van der Waals surface area contributed by atoms with Crippen molar-refractivity contribution in [1.82, 2.24) is 0 Å². The van der Waals surface area contributed by atoms with Crippen LogP contribution in [0.15, 0.2) is 54.6 Å². The molecule has 0 spiro atoms.